The van der Waals surface area contributed by atoms with Gasteiger partial charge in [0.15, 0.2) is 17.7 Å². The fraction of sp³-hybridized carbons (Fsp3) is 0.417. The number of ether oxygens (including phenoxy) is 1. The molecule has 1 aliphatic rings. The summed E-state index contributed by atoms with van der Waals surface area (Å²) < 4.78 is 6.85. The normalized spacial score (nSPS) is 26.3. The van der Waals surface area contributed by atoms with Crippen molar-refractivity contribution in [3.05, 3.63) is 25.3 Å². The Morgan fingerprint density at radius 1 is 1.21 bits per heavy atom. The SMILES string of the molecule is Nc1ncnc2c1ncn2[C@@H]1O[C@H](CO)[C@@H](O)[C@H]1O.c1nc[nH]n1. The van der Waals surface area contributed by atoms with Crippen molar-refractivity contribution in [3.8, 4) is 0 Å². The minimum atomic E-state index is -1.19. The molecule has 24 heavy (non-hydrogen) atoms. The average molecular weight is 336 g/mol. The highest BCUT2D eigenvalue weighted by Gasteiger charge is 2.43. The highest BCUT2D eigenvalue weighted by atomic mass is 16.6. The first kappa shape index (κ1) is 16.2. The van der Waals surface area contributed by atoms with Crippen LogP contribution in [0.3, 0.4) is 0 Å². The fourth-order valence-corrected chi connectivity index (χ4v) is 2.33. The predicted octanol–water partition coefficient (Wildman–Crippen LogP) is -2.18. The van der Waals surface area contributed by atoms with Crippen molar-refractivity contribution in [1.29, 1.82) is 0 Å². The molecule has 0 radical (unpaired) electrons. The van der Waals surface area contributed by atoms with Gasteiger partial charge in [-0.2, -0.15) is 5.10 Å². The van der Waals surface area contributed by atoms with Gasteiger partial charge in [0, 0.05) is 0 Å². The monoisotopic (exact) mass is 336 g/mol. The van der Waals surface area contributed by atoms with Crippen molar-refractivity contribution < 1.29 is 20.1 Å². The molecule has 1 fully saturated rings. The first-order chi connectivity index (χ1) is 11.6. The van der Waals surface area contributed by atoms with Gasteiger partial charge in [-0.3, -0.25) is 9.67 Å². The molecule has 4 atom stereocenters. The predicted molar refractivity (Wildman–Crippen MR) is 79.1 cm³/mol. The molecule has 3 aromatic heterocycles. The number of rotatable bonds is 2. The van der Waals surface area contributed by atoms with Gasteiger partial charge in [-0.25, -0.2) is 19.9 Å². The van der Waals surface area contributed by atoms with E-state index < -0.39 is 31.1 Å². The number of nitrogens with zero attached hydrogens (tertiary/aromatic N) is 6. The molecule has 4 rings (SSSR count). The summed E-state index contributed by atoms with van der Waals surface area (Å²) >= 11 is 0. The molecule has 128 valence electrons. The van der Waals surface area contributed by atoms with Crippen LogP contribution in [0.25, 0.3) is 11.2 Å². The second kappa shape index (κ2) is 6.84. The van der Waals surface area contributed by atoms with Gasteiger partial charge in [0.25, 0.3) is 0 Å². The Bertz CT molecular complexity index is 761. The third-order valence-electron chi connectivity index (χ3n) is 3.51. The summed E-state index contributed by atoms with van der Waals surface area (Å²) in [4.78, 5) is 15.4. The average Bonchev–Trinajstić information content (AvgIpc) is 3.32. The number of aliphatic hydroxyl groups is 3. The van der Waals surface area contributed by atoms with E-state index in [-0.39, 0.29) is 5.82 Å². The molecule has 4 heterocycles. The number of nitrogen functional groups attached to an aromatic ring is 1. The lowest BCUT2D eigenvalue weighted by molar-refractivity contribution is -0.0511. The molecule has 3 aromatic rings. The van der Waals surface area contributed by atoms with Crippen LogP contribution in [0.2, 0.25) is 0 Å². The molecule has 0 bridgehead atoms. The molecular formula is C12H16N8O4. The Kier molecular flexibility index (Phi) is 4.61. The maximum absolute atomic E-state index is 9.95. The molecule has 0 aromatic carbocycles. The fourth-order valence-electron chi connectivity index (χ4n) is 2.33. The van der Waals surface area contributed by atoms with E-state index in [0.717, 1.165) is 0 Å². The van der Waals surface area contributed by atoms with Gasteiger partial charge in [-0.15, -0.1) is 0 Å². The number of nitrogens with two attached hydrogens (primary N) is 1. The zero-order valence-electron chi connectivity index (χ0n) is 12.3. The molecule has 0 aliphatic carbocycles. The van der Waals surface area contributed by atoms with Crippen molar-refractivity contribution in [1.82, 2.24) is 34.7 Å². The molecule has 0 spiro atoms. The van der Waals surface area contributed by atoms with Crippen LogP contribution in [0, 0.1) is 0 Å². The van der Waals surface area contributed by atoms with Crippen LogP contribution >= 0.6 is 0 Å². The molecule has 1 aliphatic heterocycles. The largest absolute Gasteiger partial charge is 0.394 e. The zero-order valence-corrected chi connectivity index (χ0v) is 12.3. The van der Waals surface area contributed by atoms with Crippen LogP contribution in [0.4, 0.5) is 5.82 Å². The molecule has 0 saturated carbocycles. The number of nitrogens with one attached hydrogen (secondary N) is 1. The molecule has 1 saturated heterocycles. The molecule has 12 heteroatoms. The highest BCUT2D eigenvalue weighted by Crippen LogP contribution is 2.31. The first-order valence-corrected chi connectivity index (χ1v) is 6.97. The zero-order chi connectivity index (χ0) is 17.1. The lowest BCUT2D eigenvalue weighted by Gasteiger charge is -2.16. The Morgan fingerprint density at radius 2 is 2.04 bits per heavy atom. The van der Waals surface area contributed by atoms with Crippen molar-refractivity contribution in [2.75, 3.05) is 12.3 Å². The number of H-pyrrole nitrogens is 1. The quantitative estimate of drug-likeness (QED) is 0.345. The lowest BCUT2D eigenvalue weighted by atomic mass is 10.1. The smallest absolute Gasteiger partial charge is 0.167 e. The van der Waals surface area contributed by atoms with Crippen LogP contribution in [0.1, 0.15) is 6.23 Å². The molecule has 0 unspecified atom stereocenters. The van der Waals surface area contributed by atoms with Gasteiger partial charge in [0.1, 0.15) is 42.8 Å². The molecule has 0 amide bonds. The number of anilines is 1. The van der Waals surface area contributed by atoms with Crippen molar-refractivity contribution >= 4 is 17.0 Å². The summed E-state index contributed by atoms with van der Waals surface area (Å²) in [6.07, 6.45) is 1.54. The van der Waals surface area contributed by atoms with Gasteiger partial charge < -0.3 is 25.8 Å². The minimum Gasteiger partial charge on any atom is -0.394 e. The minimum absolute atomic E-state index is 0.218. The maximum atomic E-state index is 9.95. The van der Waals surface area contributed by atoms with E-state index in [2.05, 4.69) is 30.1 Å². The summed E-state index contributed by atoms with van der Waals surface area (Å²) in [5.74, 6) is 0.218. The molecule has 12 nitrogen and oxygen atoms in total. The Balaban J connectivity index is 0.000000290. The number of fused-ring (bicyclic) bond motifs is 1. The van der Waals surface area contributed by atoms with Gasteiger partial charge >= 0.3 is 0 Å². The van der Waals surface area contributed by atoms with E-state index in [1.165, 1.54) is 29.9 Å². The van der Waals surface area contributed by atoms with E-state index in [0.29, 0.717) is 11.2 Å². The second-order valence-electron chi connectivity index (χ2n) is 4.96. The molecule has 6 N–H and O–H groups in total. The van der Waals surface area contributed by atoms with Crippen LogP contribution in [0.15, 0.2) is 25.3 Å². The highest BCUT2D eigenvalue weighted by molar-refractivity contribution is 5.81. The van der Waals surface area contributed by atoms with Crippen molar-refractivity contribution in [2.24, 2.45) is 0 Å². The third-order valence-corrected chi connectivity index (χ3v) is 3.51. The number of aliphatic hydroxyl groups excluding tert-OH is 3. The van der Waals surface area contributed by atoms with Crippen LogP contribution < -0.4 is 5.73 Å². The summed E-state index contributed by atoms with van der Waals surface area (Å²) in [6.45, 7) is -0.390. The standard InChI is InChI=1S/C10H13N5O4.C2H3N3/c11-8-5-9(13-2-12-8)15(3-14-5)10-7(18)6(17)4(1-16)19-10;1-3-2-5-4-1/h2-4,6-7,10,16-18H,1H2,(H2,11,12,13);1-2H,(H,3,4,5)/t4-,6-,7-,10-;/m1./s1. The number of imidazole rings is 1. The maximum Gasteiger partial charge on any atom is 0.167 e. The number of aromatic nitrogens is 7. The van der Waals surface area contributed by atoms with Crippen molar-refractivity contribution in [2.45, 2.75) is 24.5 Å². The topological polar surface area (TPSA) is 181 Å². The van der Waals surface area contributed by atoms with Gasteiger partial charge in [-0.05, 0) is 0 Å². The van der Waals surface area contributed by atoms with Crippen LogP contribution in [0.5, 0.6) is 0 Å². The second-order valence-corrected chi connectivity index (χ2v) is 4.96. The van der Waals surface area contributed by atoms with Gasteiger partial charge in [-0.1, -0.05) is 0 Å². The Morgan fingerprint density at radius 3 is 2.62 bits per heavy atom. The number of hydrogen-bond acceptors (Lipinski definition) is 10. The third kappa shape index (κ3) is 2.90. The number of aromatic amines is 1. The van der Waals surface area contributed by atoms with E-state index in [1.807, 2.05) is 0 Å². The van der Waals surface area contributed by atoms with E-state index >= 15 is 0 Å². The lowest BCUT2D eigenvalue weighted by Crippen LogP contribution is -2.33. The van der Waals surface area contributed by atoms with Gasteiger partial charge in [0.2, 0.25) is 0 Å². The van der Waals surface area contributed by atoms with Crippen molar-refractivity contribution in [3.63, 3.8) is 0 Å². The van der Waals surface area contributed by atoms with Crippen LogP contribution in [-0.4, -0.2) is 74.9 Å². The van der Waals surface area contributed by atoms with E-state index in [4.69, 9.17) is 15.6 Å². The summed E-state index contributed by atoms with van der Waals surface area (Å²) in [5, 5.41) is 34.7. The summed E-state index contributed by atoms with van der Waals surface area (Å²) in [6, 6.07) is 0. The van der Waals surface area contributed by atoms with E-state index in [1.54, 1.807) is 0 Å². The summed E-state index contributed by atoms with van der Waals surface area (Å²) in [5.41, 5.74) is 6.44. The summed E-state index contributed by atoms with van der Waals surface area (Å²) in [7, 11) is 0. The molecular weight excluding hydrogens is 320 g/mol. The number of hydrogen-bond donors (Lipinski definition) is 5. The first-order valence-electron chi connectivity index (χ1n) is 6.97. The van der Waals surface area contributed by atoms with Gasteiger partial charge in [0.05, 0.1) is 12.9 Å². The van der Waals surface area contributed by atoms with Crippen LogP contribution in [-0.2, 0) is 4.74 Å². The van der Waals surface area contributed by atoms with E-state index in [9.17, 15) is 10.2 Å². The Labute approximate surface area is 135 Å². The Hall–Kier alpha value is -2.67.